The maximum absolute atomic E-state index is 11.9. The fourth-order valence-electron chi connectivity index (χ4n) is 2.10. The molecule has 0 radical (unpaired) electrons. The number of thioether (sulfide) groups is 1. The third kappa shape index (κ3) is 3.08. The van der Waals surface area contributed by atoms with E-state index in [0.717, 1.165) is 34.1 Å². The Kier molecular flexibility index (Phi) is 3.66. The predicted octanol–water partition coefficient (Wildman–Crippen LogP) is 2.22. The number of carbonyl (C=O) groups excluding carboxylic acids is 1. The molecule has 6 nitrogen and oxygen atoms in total. The number of nitrogens with one attached hydrogen (secondary N) is 3. The second-order valence-corrected chi connectivity index (χ2v) is 5.70. The molecule has 108 valence electrons. The Balaban J connectivity index is 1.79. The van der Waals surface area contributed by atoms with E-state index in [4.69, 9.17) is 0 Å². The number of aromatic amines is 1. The van der Waals surface area contributed by atoms with Crippen LogP contribution in [0.3, 0.4) is 0 Å². The normalized spacial score (nSPS) is 12.8. The van der Waals surface area contributed by atoms with Gasteiger partial charge in [-0.15, -0.1) is 0 Å². The molecule has 0 aliphatic carbocycles. The van der Waals surface area contributed by atoms with Crippen LogP contribution in [0.15, 0.2) is 29.1 Å². The van der Waals surface area contributed by atoms with Crippen LogP contribution >= 0.6 is 11.8 Å². The minimum absolute atomic E-state index is 0.0811. The molecule has 1 aliphatic heterocycles. The van der Waals surface area contributed by atoms with Gasteiger partial charge in [0.2, 0.25) is 11.9 Å². The molecule has 1 aromatic heterocycles. The second kappa shape index (κ2) is 5.61. The first-order valence-electron chi connectivity index (χ1n) is 6.46. The molecule has 1 aliphatic rings. The lowest BCUT2D eigenvalue weighted by molar-refractivity contribution is -0.114. The largest absolute Gasteiger partial charge is 0.326 e. The van der Waals surface area contributed by atoms with Crippen LogP contribution in [-0.4, -0.2) is 15.9 Å². The van der Waals surface area contributed by atoms with Crippen LogP contribution in [0.1, 0.15) is 18.2 Å². The molecule has 0 atom stereocenters. The summed E-state index contributed by atoms with van der Waals surface area (Å²) in [6.45, 7) is 1.46. The van der Waals surface area contributed by atoms with E-state index >= 15 is 0 Å². The van der Waals surface area contributed by atoms with Crippen LogP contribution in [0.5, 0.6) is 0 Å². The molecule has 0 saturated heterocycles. The van der Waals surface area contributed by atoms with E-state index in [1.807, 2.05) is 12.1 Å². The fraction of sp³-hybridized carbons (Fsp3) is 0.214. The highest BCUT2D eigenvalue weighted by Crippen LogP contribution is 2.26. The SMILES string of the molecule is CC(=O)Nc1ccc(Nc2nc3c(c(=O)[nH]2)CSC3)cc1. The Bertz CT molecular complexity index is 740. The van der Waals surface area contributed by atoms with Gasteiger partial charge in [0.1, 0.15) is 0 Å². The highest BCUT2D eigenvalue weighted by Gasteiger charge is 2.17. The molecule has 0 bridgehead atoms. The quantitative estimate of drug-likeness (QED) is 0.809. The highest BCUT2D eigenvalue weighted by molar-refractivity contribution is 7.98. The van der Waals surface area contributed by atoms with Crippen molar-refractivity contribution in [3.05, 3.63) is 45.9 Å². The van der Waals surface area contributed by atoms with E-state index in [-0.39, 0.29) is 11.5 Å². The van der Waals surface area contributed by atoms with Crippen molar-refractivity contribution in [2.45, 2.75) is 18.4 Å². The molecule has 3 N–H and O–H groups in total. The van der Waals surface area contributed by atoms with Gasteiger partial charge in [-0.25, -0.2) is 4.98 Å². The smallest absolute Gasteiger partial charge is 0.256 e. The van der Waals surface area contributed by atoms with E-state index in [1.54, 1.807) is 23.9 Å². The number of nitrogens with zero attached hydrogens (tertiary/aromatic N) is 1. The molecule has 2 aromatic rings. The molecule has 3 rings (SSSR count). The average molecular weight is 302 g/mol. The molecule has 0 fully saturated rings. The first kappa shape index (κ1) is 13.7. The van der Waals surface area contributed by atoms with Crippen LogP contribution < -0.4 is 16.2 Å². The highest BCUT2D eigenvalue weighted by atomic mass is 32.2. The number of benzene rings is 1. The fourth-order valence-corrected chi connectivity index (χ4v) is 3.13. The van der Waals surface area contributed by atoms with Crippen molar-refractivity contribution in [2.24, 2.45) is 0 Å². The van der Waals surface area contributed by atoms with Crippen molar-refractivity contribution in [3.8, 4) is 0 Å². The molecule has 0 saturated carbocycles. The number of carbonyl (C=O) groups is 1. The van der Waals surface area contributed by atoms with Gasteiger partial charge in [0, 0.05) is 35.4 Å². The predicted molar refractivity (Wildman–Crippen MR) is 83.9 cm³/mol. The lowest BCUT2D eigenvalue weighted by Crippen LogP contribution is -2.16. The summed E-state index contributed by atoms with van der Waals surface area (Å²) < 4.78 is 0. The van der Waals surface area contributed by atoms with E-state index in [9.17, 15) is 9.59 Å². The zero-order valence-electron chi connectivity index (χ0n) is 11.4. The van der Waals surface area contributed by atoms with Crippen molar-refractivity contribution < 1.29 is 4.79 Å². The molecule has 7 heteroatoms. The van der Waals surface area contributed by atoms with Crippen LogP contribution in [0, 0.1) is 0 Å². The van der Waals surface area contributed by atoms with Crippen LogP contribution in [0.25, 0.3) is 0 Å². The number of fused-ring (bicyclic) bond motifs is 1. The van der Waals surface area contributed by atoms with Crippen molar-refractivity contribution in [2.75, 3.05) is 10.6 Å². The zero-order chi connectivity index (χ0) is 14.8. The lowest BCUT2D eigenvalue weighted by Gasteiger charge is -2.08. The molecule has 0 spiro atoms. The summed E-state index contributed by atoms with van der Waals surface area (Å²) in [6, 6.07) is 7.19. The first-order chi connectivity index (χ1) is 10.1. The van der Waals surface area contributed by atoms with E-state index < -0.39 is 0 Å². The topological polar surface area (TPSA) is 86.9 Å². The van der Waals surface area contributed by atoms with Gasteiger partial charge >= 0.3 is 0 Å². The first-order valence-corrected chi connectivity index (χ1v) is 7.62. The van der Waals surface area contributed by atoms with Crippen LogP contribution in [-0.2, 0) is 16.3 Å². The Morgan fingerprint density at radius 3 is 2.67 bits per heavy atom. The Labute approximate surface area is 125 Å². The minimum Gasteiger partial charge on any atom is -0.326 e. The molecule has 2 heterocycles. The summed E-state index contributed by atoms with van der Waals surface area (Å²) in [7, 11) is 0. The van der Waals surface area contributed by atoms with Gasteiger partial charge in [-0.1, -0.05) is 0 Å². The summed E-state index contributed by atoms with van der Waals surface area (Å²) in [4.78, 5) is 30.0. The van der Waals surface area contributed by atoms with Crippen LogP contribution in [0.2, 0.25) is 0 Å². The molecular weight excluding hydrogens is 288 g/mol. The summed E-state index contributed by atoms with van der Waals surface area (Å²) >= 11 is 1.69. The number of aromatic nitrogens is 2. The van der Waals surface area contributed by atoms with Gasteiger partial charge in [0.05, 0.1) is 5.69 Å². The molecule has 1 amide bonds. The second-order valence-electron chi connectivity index (χ2n) is 4.72. The number of H-pyrrole nitrogens is 1. The lowest BCUT2D eigenvalue weighted by atomic mass is 10.2. The van der Waals surface area contributed by atoms with E-state index in [0.29, 0.717) is 5.95 Å². The maximum Gasteiger partial charge on any atom is 0.256 e. The van der Waals surface area contributed by atoms with Crippen molar-refractivity contribution in [3.63, 3.8) is 0 Å². The number of amides is 1. The van der Waals surface area contributed by atoms with Gasteiger partial charge in [-0.3, -0.25) is 14.6 Å². The summed E-state index contributed by atoms with van der Waals surface area (Å²) in [5.41, 5.74) is 3.05. The van der Waals surface area contributed by atoms with Gasteiger partial charge in [-0.05, 0) is 24.3 Å². The number of anilines is 3. The molecular formula is C14H14N4O2S. The monoisotopic (exact) mass is 302 g/mol. The molecule has 1 aromatic carbocycles. The minimum atomic E-state index is -0.113. The van der Waals surface area contributed by atoms with E-state index in [1.165, 1.54) is 6.92 Å². The summed E-state index contributed by atoms with van der Waals surface area (Å²) in [6.07, 6.45) is 0. The van der Waals surface area contributed by atoms with Gasteiger partial charge < -0.3 is 10.6 Å². The average Bonchev–Trinajstić information content (AvgIpc) is 2.89. The van der Waals surface area contributed by atoms with Crippen molar-refractivity contribution >= 4 is 35.0 Å². The van der Waals surface area contributed by atoms with Crippen LogP contribution in [0.4, 0.5) is 17.3 Å². The Morgan fingerprint density at radius 1 is 1.24 bits per heavy atom. The Hall–Kier alpha value is -2.28. The number of hydrogen-bond donors (Lipinski definition) is 3. The third-order valence-electron chi connectivity index (χ3n) is 3.05. The third-order valence-corrected chi connectivity index (χ3v) is 4.02. The van der Waals surface area contributed by atoms with Gasteiger partial charge in [-0.2, -0.15) is 11.8 Å². The standard InChI is InChI=1S/C14H14N4O2S/c1-8(19)15-9-2-4-10(5-3-9)16-14-17-12-7-21-6-11(12)13(20)18-14/h2-5H,6-7H2,1H3,(H,15,19)(H2,16,17,18,20). The summed E-state index contributed by atoms with van der Waals surface area (Å²) in [5, 5.41) is 5.76. The number of rotatable bonds is 3. The van der Waals surface area contributed by atoms with Gasteiger partial charge in [0.25, 0.3) is 5.56 Å². The maximum atomic E-state index is 11.9. The van der Waals surface area contributed by atoms with Crippen molar-refractivity contribution in [1.29, 1.82) is 0 Å². The Morgan fingerprint density at radius 2 is 1.95 bits per heavy atom. The van der Waals surface area contributed by atoms with Gasteiger partial charge in [0.15, 0.2) is 0 Å². The molecule has 0 unspecified atom stereocenters. The molecule has 21 heavy (non-hydrogen) atoms. The van der Waals surface area contributed by atoms with E-state index in [2.05, 4.69) is 20.6 Å². The summed E-state index contributed by atoms with van der Waals surface area (Å²) in [5.74, 6) is 1.82. The zero-order valence-corrected chi connectivity index (χ0v) is 12.2. The number of hydrogen-bond acceptors (Lipinski definition) is 5. The van der Waals surface area contributed by atoms with Crippen molar-refractivity contribution in [1.82, 2.24) is 9.97 Å².